The van der Waals surface area contributed by atoms with Crippen LogP contribution in [0.5, 0.6) is 5.75 Å². The number of nitrogens with zero attached hydrogens (tertiary/aromatic N) is 1. The van der Waals surface area contributed by atoms with Gasteiger partial charge in [-0.3, -0.25) is 14.1 Å². The van der Waals surface area contributed by atoms with E-state index in [1.54, 1.807) is 40.0 Å². The summed E-state index contributed by atoms with van der Waals surface area (Å²) in [5.74, 6) is 0.0411. The molecule has 2 aromatic rings. The molecule has 0 bridgehead atoms. The number of benzene rings is 1. The Morgan fingerprint density at radius 3 is 2.52 bits per heavy atom. The quantitative estimate of drug-likeness (QED) is 0.823. The van der Waals surface area contributed by atoms with Crippen molar-refractivity contribution in [1.29, 1.82) is 0 Å². The minimum atomic E-state index is -1.41. The van der Waals surface area contributed by atoms with Gasteiger partial charge in [0.15, 0.2) is 5.75 Å². The molecule has 1 heterocycles. The maximum atomic E-state index is 14.2. The summed E-state index contributed by atoms with van der Waals surface area (Å²) in [6.07, 6.45) is 0. The Morgan fingerprint density at radius 2 is 1.96 bits per heavy atom. The molecule has 25 heavy (non-hydrogen) atoms. The number of methoxy groups -OCH3 is 1. The molecular formula is C17H22FN3O3S. The Labute approximate surface area is 148 Å². The van der Waals surface area contributed by atoms with E-state index >= 15 is 0 Å². The SMILES string of the molecule is COc1cc(=O)n(C)c(Nc2ccc(C)cc2F)c1NS(=O)C(C)C. The molecule has 0 saturated heterocycles. The van der Waals surface area contributed by atoms with Gasteiger partial charge in [0.1, 0.15) is 28.3 Å². The molecule has 0 aliphatic carbocycles. The van der Waals surface area contributed by atoms with Gasteiger partial charge >= 0.3 is 0 Å². The number of hydrogen-bond acceptors (Lipinski definition) is 4. The average molecular weight is 367 g/mol. The number of nitrogens with one attached hydrogen (secondary N) is 2. The lowest BCUT2D eigenvalue weighted by Gasteiger charge is -2.20. The molecule has 0 saturated carbocycles. The summed E-state index contributed by atoms with van der Waals surface area (Å²) in [7, 11) is 1.55. The fourth-order valence-corrected chi connectivity index (χ4v) is 2.78. The van der Waals surface area contributed by atoms with E-state index in [1.807, 2.05) is 0 Å². The zero-order valence-corrected chi connectivity index (χ0v) is 15.7. The Kier molecular flexibility index (Phi) is 5.84. The van der Waals surface area contributed by atoms with Crippen molar-refractivity contribution < 1.29 is 13.3 Å². The summed E-state index contributed by atoms with van der Waals surface area (Å²) < 4.78 is 35.9. The first-order chi connectivity index (χ1) is 11.7. The van der Waals surface area contributed by atoms with Gasteiger partial charge in [-0.25, -0.2) is 8.60 Å². The van der Waals surface area contributed by atoms with E-state index in [9.17, 15) is 13.4 Å². The highest BCUT2D eigenvalue weighted by atomic mass is 32.2. The molecule has 0 spiro atoms. The number of ether oxygens (including phenoxy) is 1. The number of halogens is 1. The summed E-state index contributed by atoms with van der Waals surface area (Å²) in [6.45, 7) is 5.38. The third-order valence-electron chi connectivity index (χ3n) is 3.63. The lowest BCUT2D eigenvalue weighted by atomic mass is 10.2. The zero-order chi connectivity index (χ0) is 18.7. The maximum Gasteiger partial charge on any atom is 0.255 e. The highest BCUT2D eigenvalue weighted by Gasteiger charge is 2.19. The fourth-order valence-electron chi connectivity index (χ4n) is 2.15. The van der Waals surface area contributed by atoms with Gasteiger partial charge in [-0.1, -0.05) is 6.07 Å². The van der Waals surface area contributed by atoms with Crippen LogP contribution in [0.15, 0.2) is 29.1 Å². The Balaban J connectivity index is 2.59. The van der Waals surface area contributed by atoms with Gasteiger partial charge in [0.2, 0.25) is 0 Å². The topological polar surface area (TPSA) is 72.4 Å². The van der Waals surface area contributed by atoms with Gasteiger partial charge in [-0.15, -0.1) is 0 Å². The molecule has 136 valence electrons. The average Bonchev–Trinajstić information content (AvgIpc) is 2.55. The van der Waals surface area contributed by atoms with Crippen molar-refractivity contribution in [2.24, 2.45) is 7.05 Å². The van der Waals surface area contributed by atoms with Crippen LogP contribution in [-0.2, 0) is 18.0 Å². The number of anilines is 3. The van der Waals surface area contributed by atoms with Crippen molar-refractivity contribution in [3.05, 3.63) is 46.0 Å². The number of hydrogen-bond donors (Lipinski definition) is 2. The number of pyridine rings is 1. The molecule has 0 radical (unpaired) electrons. The van der Waals surface area contributed by atoms with Gasteiger partial charge in [-0.2, -0.15) is 0 Å². The molecular weight excluding hydrogens is 345 g/mol. The summed E-state index contributed by atoms with van der Waals surface area (Å²) in [6, 6.07) is 6.01. The van der Waals surface area contributed by atoms with E-state index in [0.717, 1.165) is 5.56 Å². The number of aromatic nitrogens is 1. The first-order valence-electron chi connectivity index (χ1n) is 7.73. The van der Waals surface area contributed by atoms with Crippen molar-refractivity contribution in [2.45, 2.75) is 26.0 Å². The second-order valence-corrected chi connectivity index (χ2v) is 7.63. The lowest BCUT2D eigenvalue weighted by molar-refractivity contribution is 0.415. The minimum Gasteiger partial charge on any atom is -0.494 e. The summed E-state index contributed by atoms with van der Waals surface area (Å²) in [5, 5.41) is 2.75. The fraction of sp³-hybridized carbons (Fsp3) is 0.353. The number of aryl methyl sites for hydroxylation is 1. The molecule has 2 rings (SSSR count). The van der Waals surface area contributed by atoms with E-state index in [-0.39, 0.29) is 28.1 Å². The third-order valence-corrected chi connectivity index (χ3v) is 4.89. The molecule has 2 N–H and O–H groups in total. The van der Waals surface area contributed by atoms with Gasteiger partial charge in [0.05, 0.1) is 12.8 Å². The largest absolute Gasteiger partial charge is 0.494 e. The van der Waals surface area contributed by atoms with E-state index in [0.29, 0.717) is 5.69 Å². The monoisotopic (exact) mass is 367 g/mol. The van der Waals surface area contributed by atoms with Crippen LogP contribution in [0.2, 0.25) is 0 Å². The molecule has 0 amide bonds. The highest BCUT2D eigenvalue weighted by Crippen LogP contribution is 2.34. The second-order valence-electron chi connectivity index (χ2n) is 5.89. The Bertz CT molecular complexity index is 865. The predicted molar refractivity (Wildman–Crippen MR) is 99.6 cm³/mol. The van der Waals surface area contributed by atoms with Gasteiger partial charge in [0, 0.05) is 18.4 Å². The van der Waals surface area contributed by atoms with Gasteiger partial charge in [0.25, 0.3) is 5.56 Å². The van der Waals surface area contributed by atoms with Crippen LogP contribution in [0.4, 0.5) is 21.6 Å². The standard InChI is InChI=1S/C17H22FN3O3S/c1-10(2)25(23)20-16-14(24-5)9-15(22)21(4)17(16)19-13-7-6-11(3)8-12(13)18/h6-10,19-20H,1-5H3. The van der Waals surface area contributed by atoms with Crippen molar-refractivity contribution in [2.75, 3.05) is 17.1 Å². The first kappa shape index (κ1) is 19.0. The predicted octanol–water partition coefficient (Wildman–Crippen LogP) is 3.07. The second kappa shape index (κ2) is 7.69. The molecule has 1 aromatic carbocycles. The van der Waals surface area contributed by atoms with Crippen LogP contribution in [0.3, 0.4) is 0 Å². The smallest absolute Gasteiger partial charge is 0.255 e. The maximum absolute atomic E-state index is 14.2. The van der Waals surface area contributed by atoms with Crippen molar-refractivity contribution >= 4 is 28.2 Å². The molecule has 1 aromatic heterocycles. The number of rotatable bonds is 6. The van der Waals surface area contributed by atoms with Crippen LogP contribution >= 0.6 is 0 Å². The van der Waals surface area contributed by atoms with Gasteiger partial charge < -0.3 is 10.1 Å². The lowest BCUT2D eigenvalue weighted by Crippen LogP contribution is -2.23. The zero-order valence-electron chi connectivity index (χ0n) is 14.8. The minimum absolute atomic E-state index is 0.161. The molecule has 6 nitrogen and oxygen atoms in total. The van der Waals surface area contributed by atoms with E-state index < -0.39 is 16.8 Å². The molecule has 1 atom stereocenters. The summed E-state index contributed by atoms with van der Waals surface area (Å²) in [4.78, 5) is 12.2. The van der Waals surface area contributed by atoms with Crippen molar-refractivity contribution in [3.63, 3.8) is 0 Å². The van der Waals surface area contributed by atoms with Crippen LogP contribution in [0, 0.1) is 12.7 Å². The van der Waals surface area contributed by atoms with E-state index in [4.69, 9.17) is 4.74 Å². The summed E-state index contributed by atoms with van der Waals surface area (Å²) in [5.41, 5.74) is 0.971. The van der Waals surface area contributed by atoms with Crippen molar-refractivity contribution in [3.8, 4) is 5.75 Å². The Morgan fingerprint density at radius 1 is 1.28 bits per heavy atom. The first-order valence-corrected chi connectivity index (χ1v) is 8.94. The van der Waals surface area contributed by atoms with Crippen LogP contribution in [-0.4, -0.2) is 21.1 Å². The third kappa shape index (κ3) is 4.19. The van der Waals surface area contributed by atoms with E-state index in [2.05, 4.69) is 10.0 Å². The van der Waals surface area contributed by atoms with Crippen LogP contribution in [0.25, 0.3) is 0 Å². The molecule has 8 heteroatoms. The van der Waals surface area contributed by atoms with Crippen molar-refractivity contribution in [1.82, 2.24) is 4.57 Å². The molecule has 0 aliphatic rings. The molecule has 0 aliphatic heterocycles. The normalized spacial score (nSPS) is 12.1. The van der Waals surface area contributed by atoms with Crippen LogP contribution in [0.1, 0.15) is 19.4 Å². The van der Waals surface area contributed by atoms with E-state index in [1.165, 1.54) is 23.8 Å². The van der Waals surface area contributed by atoms with Gasteiger partial charge in [-0.05, 0) is 38.5 Å². The van der Waals surface area contributed by atoms with Crippen LogP contribution < -0.4 is 20.3 Å². The molecule has 1 unspecified atom stereocenters. The molecule has 0 fully saturated rings. The summed E-state index contributed by atoms with van der Waals surface area (Å²) >= 11 is 0. The Hall–Kier alpha value is -2.35. The highest BCUT2D eigenvalue weighted by molar-refractivity contribution is 7.86.